The van der Waals surface area contributed by atoms with Gasteiger partial charge in [0.2, 0.25) is 5.95 Å². The Morgan fingerprint density at radius 1 is 1.47 bits per heavy atom. The first-order chi connectivity index (χ1) is 7.25. The highest BCUT2D eigenvalue weighted by atomic mass is 32.1. The van der Waals surface area contributed by atoms with Crippen LogP contribution >= 0.6 is 11.3 Å². The van der Waals surface area contributed by atoms with Gasteiger partial charge in [0.1, 0.15) is 5.82 Å². The number of thiophene rings is 1. The summed E-state index contributed by atoms with van der Waals surface area (Å²) < 4.78 is 0. The van der Waals surface area contributed by atoms with Crippen LogP contribution in [0.5, 0.6) is 0 Å². The Hall–Kier alpha value is -1.62. The number of hydrogen-bond donors (Lipinski definition) is 2. The summed E-state index contributed by atoms with van der Waals surface area (Å²) in [5, 5.41) is 7.34. The molecule has 2 aromatic rings. The molecule has 5 heteroatoms. The van der Waals surface area contributed by atoms with Gasteiger partial charge >= 0.3 is 0 Å². The molecule has 2 rings (SSSR count). The lowest BCUT2D eigenvalue weighted by atomic mass is 10.2. The summed E-state index contributed by atoms with van der Waals surface area (Å²) in [6, 6.07) is 3.94. The maximum Gasteiger partial charge on any atom is 0.225 e. The van der Waals surface area contributed by atoms with Crippen LogP contribution in [0.1, 0.15) is 18.5 Å². The molecule has 0 fully saturated rings. The van der Waals surface area contributed by atoms with Gasteiger partial charge in [-0.25, -0.2) is 4.98 Å². The molecule has 15 heavy (non-hydrogen) atoms. The summed E-state index contributed by atoms with van der Waals surface area (Å²) in [5.74, 6) is 1.04. The molecule has 0 radical (unpaired) electrons. The second kappa shape index (κ2) is 4.27. The lowest BCUT2D eigenvalue weighted by Crippen LogP contribution is -2.09. The van der Waals surface area contributed by atoms with Crippen LogP contribution in [0, 0.1) is 0 Å². The molecule has 0 aromatic carbocycles. The average molecular weight is 220 g/mol. The summed E-state index contributed by atoms with van der Waals surface area (Å²) in [5.41, 5.74) is 6.79. The molecule has 0 aliphatic heterocycles. The zero-order chi connectivity index (χ0) is 10.7. The van der Waals surface area contributed by atoms with Crippen molar-refractivity contribution in [1.29, 1.82) is 0 Å². The van der Waals surface area contributed by atoms with Gasteiger partial charge in [-0.3, -0.25) is 0 Å². The monoisotopic (exact) mass is 220 g/mol. The van der Waals surface area contributed by atoms with Crippen LogP contribution in [0.3, 0.4) is 0 Å². The normalized spacial score (nSPS) is 12.3. The molecule has 4 nitrogen and oxygen atoms in total. The van der Waals surface area contributed by atoms with Crippen molar-refractivity contribution in [2.45, 2.75) is 13.0 Å². The van der Waals surface area contributed by atoms with Gasteiger partial charge in [-0.2, -0.15) is 16.3 Å². The third-order valence-corrected chi connectivity index (χ3v) is 2.77. The first kappa shape index (κ1) is 9.92. The molecule has 0 aliphatic carbocycles. The minimum absolute atomic E-state index is 0.193. The van der Waals surface area contributed by atoms with E-state index in [0.717, 1.165) is 0 Å². The lowest BCUT2D eigenvalue weighted by molar-refractivity contribution is 0.866. The van der Waals surface area contributed by atoms with E-state index in [0.29, 0.717) is 11.8 Å². The zero-order valence-electron chi connectivity index (χ0n) is 8.34. The van der Waals surface area contributed by atoms with E-state index in [-0.39, 0.29) is 6.04 Å². The average Bonchev–Trinajstić information content (AvgIpc) is 2.70. The molecular formula is C10H12N4S. The van der Waals surface area contributed by atoms with Crippen molar-refractivity contribution in [2.24, 2.45) is 0 Å². The molecular weight excluding hydrogens is 208 g/mol. The Morgan fingerprint density at radius 2 is 2.33 bits per heavy atom. The first-order valence-corrected chi connectivity index (χ1v) is 5.57. The fourth-order valence-corrected chi connectivity index (χ4v) is 1.99. The van der Waals surface area contributed by atoms with Crippen molar-refractivity contribution in [3.05, 3.63) is 34.7 Å². The highest BCUT2D eigenvalue weighted by Gasteiger charge is 2.06. The standard InChI is InChI=1S/C10H12N4S/c1-7(8-3-5-15-6-8)13-10-12-4-2-9(11)14-10/h2-7H,1H3,(H3,11,12,13,14). The molecule has 78 valence electrons. The van der Waals surface area contributed by atoms with Gasteiger partial charge in [-0.1, -0.05) is 0 Å². The van der Waals surface area contributed by atoms with E-state index in [1.165, 1.54) is 5.56 Å². The van der Waals surface area contributed by atoms with Crippen LogP contribution in [-0.2, 0) is 0 Å². The minimum atomic E-state index is 0.193. The number of nitrogens with two attached hydrogens (primary N) is 1. The summed E-state index contributed by atoms with van der Waals surface area (Å²) in [6.45, 7) is 2.06. The van der Waals surface area contributed by atoms with Gasteiger partial charge in [0.25, 0.3) is 0 Å². The molecule has 0 amide bonds. The van der Waals surface area contributed by atoms with Gasteiger partial charge in [0.15, 0.2) is 0 Å². The Balaban J connectivity index is 2.09. The fourth-order valence-electron chi connectivity index (χ4n) is 1.24. The van der Waals surface area contributed by atoms with Crippen LogP contribution in [0.4, 0.5) is 11.8 Å². The molecule has 2 heterocycles. The smallest absolute Gasteiger partial charge is 0.225 e. The Labute approximate surface area is 92.2 Å². The summed E-state index contributed by atoms with van der Waals surface area (Å²) in [7, 11) is 0. The highest BCUT2D eigenvalue weighted by molar-refractivity contribution is 7.07. The molecule has 3 N–H and O–H groups in total. The lowest BCUT2D eigenvalue weighted by Gasteiger charge is -2.11. The largest absolute Gasteiger partial charge is 0.384 e. The molecule has 2 aromatic heterocycles. The van der Waals surface area contributed by atoms with Crippen LogP contribution in [0.15, 0.2) is 29.1 Å². The summed E-state index contributed by atoms with van der Waals surface area (Å²) >= 11 is 1.68. The van der Waals surface area contributed by atoms with E-state index in [1.54, 1.807) is 23.6 Å². The zero-order valence-corrected chi connectivity index (χ0v) is 9.16. The SMILES string of the molecule is CC(Nc1nccc(N)n1)c1ccsc1. The Kier molecular flexibility index (Phi) is 2.82. The molecule has 0 saturated heterocycles. The van der Waals surface area contributed by atoms with Gasteiger partial charge in [-0.15, -0.1) is 0 Å². The third-order valence-electron chi connectivity index (χ3n) is 2.07. The van der Waals surface area contributed by atoms with Crippen molar-refractivity contribution < 1.29 is 0 Å². The van der Waals surface area contributed by atoms with Gasteiger partial charge in [0, 0.05) is 6.20 Å². The first-order valence-electron chi connectivity index (χ1n) is 4.63. The molecule has 0 bridgehead atoms. The number of nitrogens with one attached hydrogen (secondary N) is 1. The fraction of sp³-hybridized carbons (Fsp3) is 0.200. The molecule has 0 saturated carbocycles. The van der Waals surface area contributed by atoms with Crippen molar-refractivity contribution in [3.8, 4) is 0 Å². The summed E-state index contributed by atoms with van der Waals surface area (Å²) in [4.78, 5) is 8.17. The van der Waals surface area contributed by atoms with E-state index in [1.807, 2.05) is 5.38 Å². The second-order valence-electron chi connectivity index (χ2n) is 3.23. The molecule has 1 atom stereocenters. The highest BCUT2D eigenvalue weighted by Crippen LogP contribution is 2.19. The van der Waals surface area contributed by atoms with Crippen LogP contribution in [0.25, 0.3) is 0 Å². The van der Waals surface area contributed by atoms with Crippen LogP contribution in [0.2, 0.25) is 0 Å². The maximum atomic E-state index is 5.56. The second-order valence-corrected chi connectivity index (χ2v) is 4.01. The Bertz CT molecular complexity index is 427. The Morgan fingerprint density at radius 3 is 3.00 bits per heavy atom. The molecule has 0 aliphatic rings. The summed E-state index contributed by atoms with van der Waals surface area (Å²) in [6.07, 6.45) is 1.64. The molecule has 0 spiro atoms. The number of anilines is 2. The van der Waals surface area contributed by atoms with E-state index in [9.17, 15) is 0 Å². The van der Waals surface area contributed by atoms with Crippen LogP contribution < -0.4 is 11.1 Å². The maximum absolute atomic E-state index is 5.56. The van der Waals surface area contributed by atoms with Crippen molar-refractivity contribution in [2.75, 3.05) is 11.1 Å². The number of rotatable bonds is 3. The van der Waals surface area contributed by atoms with Crippen molar-refractivity contribution >= 4 is 23.1 Å². The predicted octanol–water partition coefficient (Wildman–Crippen LogP) is 2.29. The van der Waals surface area contributed by atoms with Gasteiger partial charge in [0.05, 0.1) is 6.04 Å². The van der Waals surface area contributed by atoms with E-state index in [4.69, 9.17) is 5.73 Å². The number of nitrogens with zero attached hydrogens (tertiary/aromatic N) is 2. The van der Waals surface area contributed by atoms with Gasteiger partial charge in [-0.05, 0) is 35.4 Å². The third kappa shape index (κ3) is 2.44. The number of nitrogen functional groups attached to an aromatic ring is 1. The topological polar surface area (TPSA) is 63.8 Å². The predicted molar refractivity (Wildman–Crippen MR) is 62.8 cm³/mol. The van der Waals surface area contributed by atoms with Crippen molar-refractivity contribution in [3.63, 3.8) is 0 Å². The van der Waals surface area contributed by atoms with E-state index >= 15 is 0 Å². The quantitative estimate of drug-likeness (QED) is 0.833. The number of hydrogen-bond acceptors (Lipinski definition) is 5. The molecule has 1 unspecified atom stereocenters. The minimum Gasteiger partial charge on any atom is -0.384 e. The van der Waals surface area contributed by atoms with E-state index < -0.39 is 0 Å². The van der Waals surface area contributed by atoms with E-state index in [2.05, 4.69) is 33.7 Å². The van der Waals surface area contributed by atoms with Gasteiger partial charge < -0.3 is 11.1 Å². The number of aromatic nitrogens is 2. The van der Waals surface area contributed by atoms with Crippen LogP contribution in [-0.4, -0.2) is 9.97 Å². The van der Waals surface area contributed by atoms with Crippen molar-refractivity contribution in [1.82, 2.24) is 9.97 Å².